The molecule has 0 aromatic heterocycles. The van der Waals surface area contributed by atoms with E-state index in [0.29, 0.717) is 18.6 Å². The predicted molar refractivity (Wildman–Crippen MR) is 105 cm³/mol. The largest absolute Gasteiger partial charge is 0.488 e. The summed E-state index contributed by atoms with van der Waals surface area (Å²) >= 11 is 0. The first-order chi connectivity index (χ1) is 13.8. The van der Waals surface area contributed by atoms with Crippen LogP contribution in [0.1, 0.15) is 45.6 Å². The third kappa shape index (κ3) is 3.26. The fourth-order valence-corrected chi connectivity index (χ4v) is 4.90. The summed E-state index contributed by atoms with van der Waals surface area (Å²) in [7, 11) is 0. The molecule has 0 spiro atoms. The lowest BCUT2D eigenvalue weighted by Crippen LogP contribution is -2.51. The Morgan fingerprint density at radius 1 is 1.31 bits per heavy atom. The second-order valence-electron chi connectivity index (χ2n) is 8.65. The van der Waals surface area contributed by atoms with E-state index in [0.717, 1.165) is 28.8 Å². The molecular formula is C22H25F2N3O2. The van der Waals surface area contributed by atoms with Crippen molar-refractivity contribution < 1.29 is 18.3 Å². The fraction of sp³-hybridized carbons (Fsp3) is 0.500. The smallest absolute Gasteiger partial charge is 0.272 e. The van der Waals surface area contributed by atoms with Gasteiger partial charge in [-0.05, 0) is 36.0 Å². The lowest BCUT2D eigenvalue weighted by molar-refractivity contribution is -0.119. The third-order valence-corrected chi connectivity index (χ3v) is 6.01. The molecule has 4 rings (SSSR count). The molecule has 5 nitrogen and oxygen atoms in total. The Kier molecular flexibility index (Phi) is 4.79. The molecule has 2 aliphatic heterocycles. The van der Waals surface area contributed by atoms with Crippen molar-refractivity contribution in [1.82, 2.24) is 5.32 Å². The summed E-state index contributed by atoms with van der Waals surface area (Å²) in [5.41, 5.74) is 2.58. The first kappa shape index (κ1) is 19.7. The minimum atomic E-state index is -2.55. The molecule has 0 amide bonds. The van der Waals surface area contributed by atoms with Gasteiger partial charge >= 0.3 is 0 Å². The molecule has 0 saturated carbocycles. The number of nitrogens with one attached hydrogen (secondary N) is 1. The first-order valence-electron chi connectivity index (χ1n) is 9.92. The minimum Gasteiger partial charge on any atom is -0.488 e. The fourth-order valence-electron chi connectivity index (χ4n) is 4.90. The van der Waals surface area contributed by atoms with Gasteiger partial charge in [0.05, 0.1) is 11.6 Å². The van der Waals surface area contributed by atoms with Crippen molar-refractivity contribution in [3.05, 3.63) is 52.9 Å². The molecule has 7 heteroatoms. The van der Waals surface area contributed by atoms with E-state index in [1.165, 1.54) is 0 Å². The maximum atomic E-state index is 13.4. The average molecular weight is 401 g/mol. The number of ketones is 1. The van der Waals surface area contributed by atoms with Gasteiger partial charge in [-0.1, -0.05) is 32.9 Å². The third-order valence-electron chi connectivity index (χ3n) is 6.01. The van der Waals surface area contributed by atoms with E-state index in [1.807, 2.05) is 13.0 Å². The zero-order valence-electron chi connectivity index (χ0n) is 16.8. The van der Waals surface area contributed by atoms with Crippen LogP contribution >= 0.6 is 0 Å². The maximum Gasteiger partial charge on any atom is 0.272 e. The molecule has 0 saturated heterocycles. The number of ether oxygens (including phenoxy) is 1. The number of carbonyl (C=O) groups is 1. The standard InChI is InChI=1S/C22H25F2N3O2/c1-4-22(13-6-5-7-14(8-13)29-12-18(23)24)15-11-25-27-20(15)26-16-9-21(2,3)10-17(28)19(16)22/h5-8,11,18,20,26H,4,9-10,12H2,1-3H3/t20?,22-/m1/s1. The number of carbonyl (C=O) groups excluding carboxylic acids is 1. The number of fused-ring (bicyclic) bond motifs is 1. The van der Waals surface area contributed by atoms with Gasteiger partial charge in [-0.15, -0.1) is 0 Å². The van der Waals surface area contributed by atoms with Crippen LogP contribution in [0.2, 0.25) is 0 Å². The number of Topliss-reactive ketones (excluding diaryl/α,β-unsaturated/α-hetero) is 1. The molecule has 1 aromatic rings. The van der Waals surface area contributed by atoms with Crippen LogP contribution in [0.5, 0.6) is 5.75 Å². The van der Waals surface area contributed by atoms with Crippen molar-refractivity contribution in [2.24, 2.45) is 15.6 Å². The Morgan fingerprint density at radius 3 is 2.83 bits per heavy atom. The summed E-state index contributed by atoms with van der Waals surface area (Å²) in [4.78, 5) is 13.4. The monoisotopic (exact) mass is 401 g/mol. The zero-order valence-corrected chi connectivity index (χ0v) is 16.8. The van der Waals surface area contributed by atoms with Crippen LogP contribution < -0.4 is 10.1 Å². The number of hydrogen-bond acceptors (Lipinski definition) is 5. The highest BCUT2D eigenvalue weighted by Crippen LogP contribution is 2.53. The molecule has 1 N–H and O–H groups in total. The van der Waals surface area contributed by atoms with Gasteiger partial charge in [0.1, 0.15) is 12.4 Å². The second-order valence-corrected chi connectivity index (χ2v) is 8.65. The number of alkyl halides is 2. The number of benzene rings is 1. The van der Waals surface area contributed by atoms with Crippen molar-refractivity contribution in [3.8, 4) is 5.75 Å². The Labute approximate surface area is 168 Å². The molecular weight excluding hydrogens is 376 g/mol. The van der Waals surface area contributed by atoms with Gasteiger partial charge in [0.2, 0.25) is 0 Å². The molecule has 2 heterocycles. The second kappa shape index (κ2) is 7.04. The van der Waals surface area contributed by atoms with Crippen molar-refractivity contribution >= 4 is 5.78 Å². The van der Waals surface area contributed by atoms with Crippen LogP contribution in [-0.2, 0) is 10.2 Å². The quantitative estimate of drug-likeness (QED) is 0.763. The molecule has 29 heavy (non-hydrogen) atoms. The van der Waals surface area contributed by atoms with E-state index < -0.39 is 18.4 Å². The number of nitrogens with zero attached hydrogens (tertiary/aromatic N) is 2. The number of hydrogen-bond donors (Lipinski definition) is 1. The highest BCUT2D eigenvalue weighted by Gasteiger charge is 2.53. The SMILES string of the molecule is CC[C@@]1(c2cccc(OCC(F)F)c2)C2=CN=NC2NC2=C1C(=O)CC(C)(C)C2. The van der Waals surface area contributed by atoms with Crippen LogP contribution in [-0.4, -0.2) is 25.0 Å². The van der Waals surface area contributed by atoms with Crippen molar-refractivity contribution in [2.75, 3.05) is 6.61 Å². The van der Waals surface area contributed by atoms with Crippen molar-refractivity contribution in [3.63, 3.8) is 0 Å². The summed E-state index contributed by atoms with van der Waals surface area (Å²) < 4.78 is 30.5. The number of rotatable bonds is 5. The first-order valence-corrected chi connectivity index (χ1v) is 9.92. The highest BCUT2D eigenvalue weighted by molar-refractivity contribution is 6.01. The summed E-state index contributed by atoms with van der Waals surface area (Å²) in [6.07, 6.45) is 0.699. The van der Waals surface area contributed by atoms with E-state index in [4.69, 9.17) is 4.74 Å². The van der Waals surface area contributed by atoms with Gasteiger partial charge in [-0.25, -0.2) is 8.78 Å². The summed E-state index contributed by atoms with van der Waals surface area (Å²) in [6, 6.07) is 7.14. The van der Waals surface area contributed by atoms with Crippen LogP contribution in [0, 0.1) is 5.41 Å². The molecule has 0 bridgehead atoms. The Morgan fingerprint density at radius 2 is 2.10 bits per heavy atom. The van der Waals surface area contributed by atoms with Crippen LogP contribution in [0.25, 0.3) is 0 Å². The Bertz CT molecular complexity index is 936. The summed E-state index contributed by atoms with van der Waals surface area (Å²) in [6.45, 7) is 5.54. The van der Waals surface area contributed by atoms with E-state index in [2.05, 4.69) is 29.4 Å². The zero-order chi connectivity index (χ0) is 20.8. The van der Waals surface area contributed by atoms with Crippen molar-refractivity contribution in [1.29, 1.82) is 0 Å². The molecule has 1 aliphatic carbocycles. The molecule has 0 radical (unpaired) electrons. The molecule has 0 fully saturated rings. The summed E-state index contributed by atoms with van der Waals surface area (Å²) in [5.74, 6) is 0.472. The van der Waals surface area contributed by atoms with Gasteiger partial charge in [-0.3, -0.25) is 4.79 Å². The van der Waals surface area contributed by atoms with Crippen molar-refractivity contribution in [2.45, 2.75) is 58.0 Å². The highest BCUT2D eigenvalue weighted by atomic mass is 19.3. The molecule has 1 unspecified atom stereocenters. The topological polar surface area (TPSA) is 63.1 Å². The van der Waals surface area contributed by atoms with E-state index in [1.54, 1.807) is 24.4 Å². The van der Waals surface area contributed by atoms with Gasteiger partial charge in [-0.2, -0.15) is 10.2 Å². The van der Waals surface area contributed by atoms with Gasteiger partial charge < -0.3 is 10.1 Å². The molecule has 154 valence electrons. The van der Waals surface area contributed by atoms with E-state index >= 15 is 0 Å². The predicted octanol–water partition coefficient (Wildman–Crippen LogP) is 4.90. The van der Waals surface area contributed by atoms with Gasteiger partial charge in [0.15, 0.2) is 11.9 Å². The normalized spacial score (nSPS) is 27.4. The lowest BCUT2D eigenvalue weighted by atomic mass is 9.59. The molecule has 2 atom stereocenters. The maximum absolute atomic E-state index is 13.4. The lowest BCUT2D eigenvalue weighted by Gasteiger charge is -2.47. The summed E-state index contributed by atoms with van der Waals surface area (Å²) in [5, 5.41) is 11.9. The molecule has 3 aliphatic rings. The van der Waals surface area contributed by atoms with Crippen LogP contribution in [0.3, 0.4) is 0 Å². The Hall–Kier alpha value is -2.57. The average Bonchev–Trinajstić information content (AvgIpc) is 3.12. The minimum absolute atomic E-state index is 0.107. The number of azo groups is 1. The number of allylic oxidation sites excluding steroid dienone is 2. The van der Waals surface area contributed by atoms with Crippen LogP contribution in [0.15, 0.2) is 57.5 Å². The molecule has 1 aromatic carbocycles. The van der Waals surface area contributed by atoms with Gasteiger partial charge in [0, 0.05) is 23.3 Å². The Balaban J connectivity index is 1.87. The number of halogens is 2. The van der Waals surface area contributed by atoms with Crippen LogP contribution in [0.4, 0.5) is 8.78 Å². The van der Waals surface area contributed by atoms with E-state index in [-0.39, 0.29) is 17.4 Å². The van der Waals surface area contributed by atoms with E-state index in [9.17, 15) is 13.6 Å². The van der Waals surface area contributed by atoms with Gasteiger partial charge in [0.25, 0.3) is 6.43 Å².